The van der Waals surface area contributed by atoms with Crippen LogP contribution in [0.5, 0.6) is 0 Å². The minimum Gasteiger partial charge on any atom is -0.396 e. The van der Waals surface area contributed by atoms with Gasteiger partial charge in [0.1, 0.15) is 16.2 Å². The van der Waals surface area contributed by atoms with Gasteiger partial charge in [0.2, 0.25) is 0 Å². The number of aromatic nitrogens is 2. The molecule has 2 rings (SSSR count). The molecule has 0 spiro atoms. The maximum atomic E-state index is 9.57. The fraction of sp³-hybridized carbons (Fsp3) is 0.692. The van der Waals surface area contributed by atoms with E-state index in [2.05, 4.69) is 31.2 Å². The lowest BCUT2D eigenvalue weighted by Crippen LogP contribution is -2.30. The third-order valence-electron chi connectivity index (χ3n) is 3.70. The third-order valence-corrected chi connectivity index (χ3v) is 4.11. The number of aliphatic hydroxyl groups is 1. The van der Waals surface area contributed by atoms with Crippen molar-refractivity contribution in [3.8, 4) is 0 Å². The van der Waals surface area contributed by atoms with E-state index in [9.17, 15) is 5.11 Å². The Balaban J connectivity index is 2.03. The first kappa shape index (κ1) is 13.7. The summed E-state index contributed by atoms with van der Waals surface area (Å²) >= 11 is 3.40. The Morgan fingerprint density at radius 3 is 2.72 bits per heavy atom. The van der Waals surface area contributed by atoms with Crippen LogP contribution in [0.4, 0.5) is 5.82 Å². The summed E-state index contributed by atoms with van der Waals surface area (Å²) < 4.78 is 0.807. The number of hydrogen-bond donors (Lipinski definition) is 2. The summed E-state index contributed by atoms with van der Waals surface area (Å²) in [4.78, 5) is 8.73. The number of aryl methyl sites for hydroxylation is 1. The summed E-state index contributed by atoms with van der Waals surface area (Å²) in [5.74, 6) is 1.67. The van der Waals surface area contributed by atoms with Gasteiger partial charge < -0.3 is 10.4 Å². The Morgan fingerprint density at radius 2 is 2.11 bits per heavy atom. The van der Waals surface area contributed by atoms with Crippen LogP contribution < -0.4 is 5.32 Å². The molecule has 0 bridgehead atoms. The minimum atomic E-state index is 0.0454. The normalized spacial score (nSPS) is 17.9. The Bertz CT molecular complexity index is 405. The molecule has 5 heteroatoms. The molecule has 18 heavy (non-hydrogen) atoms. The molecule has 1 fully saturated rings. The molecule has 2 N–H and O–H groups in total. The van der Waals surface area contributed by atoms with Gasteiger partial charge in [0.15, 0.2) is 0 Å². The largest absolute Gasteiger partial charge is 0.396 e. The molecule has 100 valence electrons. The maximum Gasteiger partial charge on any atom is 0.131 e. The minimum absolute atomic E-state index is 0.0454. The number of anilines is 1. The van der Waals surface area contributed by atoms with E-state index < -0.39 is 0 Å². The van der Waals surface area contributed by atoms with E-state index in [1.165, 1.54) is 12.8 Å². The van der Waals surface area contributed by atoms with Crippen molar-refractivity contribution < 1.29 is 5.11 Å². The number of aliphatic hydroxyl groups excluding tert-OH is 1. The van der Waals surface area contributed by atoms with Gasteiger partial charge in [-0.3, -0.25) is 0 Å². The quantitative estimate of drug-likeness (QED) is 0.821. The summed E-state index contributed by atoms with van der Waals surface area (Å²) in [6, 6.07) is 1.89. The van der Waals surface area contributed by atoms with Crippen LogP contribution in [-0.2, 0) is 6.42 Å². The highest BCUT2D eigenvalue weighted by molar-refractivity contribution is 9.10. The van der Waals surface area contributed by atoms with Gasteiger partial charge in [-0.05, 0) is 28.8 Å². The molecule has 4 nitrogen and oxygen atoms in total. The van der Waals surface area contributed by atoms with Crippen molar-refractivity contribution in [3.05, 3.63) is 16.5 Å². The van der Waals surface area contributed by atoms with Gasteiger partial charge in [-0.15, -0.1) is 0 Å². The van der Waals surface area contributed by atoms with Gasteiger partial charge in [0.05, 0.1) is 6.61 Å². The highest BCUT2D eigenvalue weighted by Gasteiger charge is 2.32. The third kappa shape index (κ3) is 3.20. The van der Waals surface area contributed by atoms with Gasteiger partial charge in [0.25, 0.3) is 0 Å². The molecule has 0 radical (unpaired) electrons. The topological polar surface area (TPSA) is 58.0 Å². The molecule has 0 atom stereocenters. The Morgan fingerprint density at radius 1 is 1.39 bits per heavy atom. The fourth-order valence-electron chi connectivity index (χ4n) is 2.51. The standard InChI is InChI=1S/C13H20BrN3O/c1-2-11-16-10(14)7-12(17-11)15-8-13(9-18)5-3-4-6-13/h7,18H,2-6,8-9H2,1H3,(H,15,16,17). The average molecular weight is 314 g/mol. The SMILES string of the molecule is CCc1nc(Br)cc(NCC2(CO)CCCC2)n1. The van der Waals surface area contributed by atoms with Crippen molar-refractivity contribution in [2.45, 2.75) is 39.0 Å². The summed E-state index contributed by atoms with van der Waals surface area (Å²) in [6.45, 7) is 3.08. The smallest absolute Gasteiger partial charge is 0.131 e. The second kappa shape index (κ2) is 5.97. The van der Waals surface area contributed by atoms with Gasteiger partial charge >= 0.3 is 0 Å². The van der Waals surface area contributed by atoms with Crippen molar-refractivity contribution >= 4 is 21.7 Å². The fourth-order valence-corrected chi connectivity index (χ4v) is 2.93. The molecule has 1 saturated carbocycles. The van der Waals surface area contributed by atoms with E-state index in [0.29, 0.717) is 0 Å². The molecule has 0 aliphatic heterocycles. The molecule has 1 aliphatic rings. The predicted molar refractivity (Wildman–Crippen MR) is 75.6 cm³/mol. The summed E-state index contributed by atoms with van der Waals surface area (Å²) in [7, 11) is 0. The Hall–Kier alpha value is -0.680. The number of rotatable bonds is 5. The van der Waals surface area contributed by atoms with E-state index in [1.54, 1.807) is 0 Å². The van der Waals surface area contributed by atoms with Crippen LogP contribution in [-0.4, -0.2) is 28.2 Å². The first-order valence-corrected chi connectivity index (χ1v) is 7.35. The number of nitrogens with one attached hydrogen (secondary N) is 1. The predicted octanol–water partition coefficient (Wildman–Crippen LogP) is 2.77. The summed E-state index contributed by atoms with van der Waals surface area (Å²) in [5.41, 5.74) is 0.0454. The van der Waals surface area contributed by atoms with Crippen LogP contribution in [0.3, 0.4) is 0 Å². The molecule has 1 heterocycles. The lowest BCUT2D eigenvalue weighted by atomic mass is 9.87. The first-order chi connectivity index (χ1) is 8.67. The molecule has 1 aromatic heterocycles. The lowest BCUT2D eigenvalue weighted by molar-refractivity contribution is 0.142. The first-order valence-electron chi connectivity index (χ1n) is 6.56. The number of halogens is 1. The van der Waals surface area contributed by atoms with E-state index in [1.807, 2.05) is 13.0 Å². The Kier molecular flexibility index (Phi) is 4.56. The van der Waals surface area contributed by atoms with Crippen molar-refractivity contribution in [1.82, 2.24) is 9.97 Å². The summed E-state index contributed by atoms with van der Waals surface area (Å²) in [6.07, 6.45) is 5.46. The van der Waals surface area contributed by atoms with Crippen molar-refractivity contribution in [2.24, 2.45) is 5.41 Å². The second-order valence-corrected chi connectivity index (χ2v) is 5.88. The molecule has 0 unspecified atom stereocenters. The molecule has 1 aliphatic carbocycles. The zero-order valence-corrected chi connectivity index (χ0v) is 12.3. The zero-order chi connectivity index (χ0) is 13.0. The van der Waals surface area contributed by atoms with Crippen molar-refractivity contribution in [2.75, 3.05) is 18.5 Å². The van der Waals surface area contributed by atoms with Crippen molar-refractivity contribution in [3.63, 3.8) is 0 Å². The number of nitrogens with zero attached hydrogens (tertiary/aromatic N) is 2. The summed E-state index contributed by atoms with van der Waals surface area (Å²) in [5, 5.41) is 12.9. The molecule has 1 aromatic rings. The van der Waals surface area contributed by atoms with Crippen LogP contribution in [0.2, 0.25) is 0 Å². The molecular weight excluding hydrogens is 294 g/mol. The van der Waals surface area contributed by atoms with Crippen molar-refractivity contribution in [1.29, 1.82) is 0 Å². The lowest BCUT2D eigenvalue weighted by Gasteiger charge is -2.26. The Labute approximate surface area is 116 Å². The molecular formula is C13H20BrN3O. The van der Waals surface area contributed by atoms with Crippen LogP contribution in [0.25, 0.3) is 0 Å². The van der Waals surface area contributed by atoms with Gasteiger partial charge in [-0.2, -0.15) is 0 Å². The van der Waals surface area contributed by atoms with Crippen LogP contribution in [0.15, 0.2) is 10.7 Å². The zero-order valence-electron chi connectivity index (χ0n) is 10.7. The van der Waals surface area contributed by atoms with E-state index >= 15 is 0 Å². The maximum absolute atomic E-state index is 9.57. The molecule has 0 amide bonds. The highest BCUT2D eigenvalue weighted by Crippen LogP contribution is 2.37. The average Bonchev–Trinajstić information content (AvgIpc) is 2.85. The molecule has 0 saturated heterocycles. The van der Waals surface area contributed by atoms with Gasteiger partial charge in [-0.25, -0.2) is 9.97 Å². The van der Waals surface area contributed by atoms with E-state index in [0.717, 1.165) is 42.1 Å². The van der Waals surface area contributed by atoms with Crippen LogP contribution in [0.1, 0.15) is 38.4 Å². The van der Waals surface area contributed by atoms with Gasteiger partial charge in [0, 0.05) is 24.4 Å². The van der Waals surface area contributed by atoms with E-state index in [4.69, 9.17) is 0 Å². The molecule has 0 aromatic carbocycles. The van der Waals surface area contributed by atoms with Crippen LogP contribution in [0, 0.1) is 5.41 Å². The second-order valence-electron chi connectivity index (χ2n) is 5.06. The van der Waals surface area contributed by atoms with Crippen LogP contribution >= 0.6 is 15.9 Å². The van der Waals surface area contributed by atoms with E-state index in [-0.39, 0.29) is 12.0 Å². The monoisotopic (exact) mass is 313 g/mol. The highest BCUT2D eigenvalue weighted by atomic mass is 79.9. The van der Waals surface area contributed by atoms with Gasteiger partial charge in [-0.1, -0.05) is 19.8 Å². The number of hydrogen-bond acceptors (Lipinski definition) is 4.